The highest BCUT2D eigenvalue weighted by Gasteiger charge is 2.22. The molecule has 6 nitrogen and oxygen atoms in total. The maximum absolute atomic E-state index is 12.7. The summed E-state index contributed by atoms with van der Waals surface area (Å²) in [6, 6.07) is 10.9. The minimum atomic E-state index is -3.95. The van der Waals surface area contributed by atoms with Crippen molar-refractivity contribution < 1.29 is 22.7 Å². The van der Waals surface area contributed by atoms with Gasteiger partial charge in [-0.25, -0.2) is 8.42 Å². The number of ketones is 1. The lowest BCUT2D eigenvalue weighted by Crippen LogP contribution is -2.16. The summed E-state index contributed by atoms with van der Waals surface area (Å²) in [6.45, 7) is 1.37. The number of methoxy groups -OCH3 is 2. The zero-order valence-corrected chi connectivity index (χ0v) is 13.8. The Kier molecular flexibility index (Phi) is 4.90. The molecule has 2 aromatic rings. The molecule has 23 heavy (non-hydrogen) atoms. The Bertz CT molecular complexity index is 830. The van der Waals surface area contributed by atoms with E-state index in [1.54, 1.807) is 24.3 Å². The molecule has 0 bridgehead atoms. The van der Waals surface area contributed by atoms with Crippen molar-refractivity contribution in [1.29, 1.82) is 0 Å². The predicted molar refractivity (Wildman–Crippen MR) is 86.8 cm³/mol. The van der Waals surface area contributed by atoms with Crippen LogP contribution in [0, 0.1) is 0 Å². The maximum Gasteiger partial charge on any atom is 0.265 e. The summed E-state index contributed by atoms with van der Waals surface area (Å²) in [5.74, 6) is 0.325. The van der Waals surface area contributed by atoms with E-state index in [2.05, 4.69) is 4.72 Å². The first-order chi connectivity index (χ1) is 10.9. The van der Waals surface area contributed by atoms with Crippen molar-refractivity contribution in [1.82, 2.24) is 0 Å². The maximum atomic E-state index is 12.7. The molecule has 0 saturated carbocycles. The van der Waals surface area contributed by atoms with Crippen LogP contribution in [0.3, 0.4) is 0 Å². The molecule has 0 atom stereocenters. The second-order valence-electron chi connectivity index (χ2n) is 4.72. The van der Waals surface area contributed by atoms with Gasteiger partial charge in [-0.2, -0.15) is 0 Å². The molecule has 0 amide bonds. The van der Waals surface area contributed by atoms with E-state index in [0.29, 0.717) is 5.75 Å². The lowest BCUT2D eigenvalue weighted by molar-refractivity contribution is 0.101. The number of hydrogen-bond donors (Lipinski definition) is 1. The van der Waals surface area contributed by atoms with Crippen molar-refractivity contribution in [2.24, 2.45) is 0 Å². The summed E-state index contributed by atoms with van der Waals surface area (Å²) in [7, 11) is -1.13. The van der Waals surface area contributed by atoms with E-state index in [1.165, 1.54) is 39.3 Å². The van der Waals surface area contributed by atoms with E-state index in [9.17, 15) is 13.2 Å². The summed E-state index contributed by atoms with van der Waals surface area (Å²) < 4.78 is 37.9. The van der Waals surface area contributed by atoms with Gasteiger partial charge < -0.3 is 9.47 Å². The molecule has 0 aliphatic heterocycles. The predicted octanol–water partition coefficient (Wildman–Crippen LogP) is 2.71. The minimum Gasteiger partial charge on any atom is -0.497 e. The summed E-state index contributed by atoms with van der Waals surface area (Å²) in [4.78, 5) is 11.6. The second kappa shape index (κ2) is 6.70. The molecule has 2 rings (SSSR count). The smallest absolute Gasteiger partial charge is 0.265 e. The van der Waals surface area contributed by atoms with Crippen LogP contribution >= 0.6 is 0 Å². The van der Waals surface area contributed by atoms with Crippen LogP contribution in [0.5, 0.6) is 11.5 Å². The van der Waals surface area contributed by atoms with Gasteiger partial charge in [-0.1, -0.05) is 12.1 Å². The Labute approximate surface area is 135 Å². The van der Waals surface area contributed by atoms with Gasteiger partial charge in [-0.15, -0.1) is 0 Å². The van der Waals surface area contributed by atoms with E-state index >= 15 is 0 Å². The highest BCUT2D eigenvalue weighted by molar-refractivity contribution is 7.92. The first kappa shape index (κ1) is 16.8. The van der Waals surface area contributed by atoms with Crippen molar-refractivity contribution in [2.45, 2.75) is 11.8 Å². The number of Topliss-reactive ketones (excluding diaryl/α,β-unsaturated/α-hetero) is 1. The van der Waals surface area contributed by atoms with Crippen LogP contribution in [0.1, 0.15) is 17.3 Å². The van der Waals surface area contributed by atoms with Crippen LogP contribution in [0.2, 0.25) is 0 Å². The van der Waals surface area contributed by atoms with E-state index in [4.69, 9.17) is 9.47 Å². The molecule has 122 valence electrons. The monoisotopic (exact) mass is 335 g/mol. The lowest BCUT2D eigenvalue weighted by Gasteiger charge is -2.14. The number of ether oxygens (including phenoxy) is 2. The van der Waals surface area contributed by atoms with Gasteiger partial charge in [-0.3, -0.25) is 9.52 Å². The summed E-state index contributed by atoms with van der Waals surface area (Å²) >= 11 is 0. The Balaban J connectivity index is 2.50. The molecule has 2 aromatic carbocycles. The number of benzene rings is 2. The first-order valence-corrected chi connectivity index (χ1v) is 8.22. The minimum absolute atomic E-state index is 0.0716. The van der Waals surface area contributed by atoms with Crippen molar-refractivity contribution in [3.05, 3.63) is 48.0 Å². The van der Waals surface area contributed by atoms with Gasteiger partial charge in [-0.05, 0) is 31.2 Å². The number of para-hydroxylation sites is 1. The molecule has 0 aliphatic rings. The van der Waals surface area contributed by atoms with Gasteiger partial charge in [0.1, 0.15) is 16.4 Å². The van der Waals surface area contributed by atoms with Gasteiger partial charge in [0.05, 0.1) is 19.9 Å². The Morgan fingerprint density at radius 3 is 2.35 bits per heavy atom. The second-order valence-corrected chi connectivity index (χ2v) is 6.37. The lowest BCUT2D eigenvalue weighted by atomic mass is 10.1. The Morgan fingerprint density at radius 2 is 1.74 bits per heavy atom. The number of hydrogen-bond acceptors (Lipinski definition) is 5. The topological polar surface area (TPSA) is 81.7 Å². The van der Waals surface area contributed by atoms with Crippen LogP contribution in [-0.4, -0.2) is 28.4 Å². The van der Waals surface area contributed by atoms with E-state index in [0.717, 1.165) is 0 Å². The average Bonchev–Trinajstić information content (AvgIpc) is 2.54. The third kappa shape index (κ3) is 3.62. The van der Waals surface area contributed by atoms with Crippen molar-refractivity contribution in [2.75, 3.05) is 18.9 Å². The molecule has 0 unspecified atom stereocenters. The number of nitrogens with one attached hydrogen (secondary N) is 1. The molecule has 1 N–H and O–H groups in total. The van der Waals surface area contributed by atoms with Gasteiger partial charge in [0.15, 0.2) is 5.78 Å². The number of rotatable bonds is 6. The van der Waals surface area contributed by atoms with Crippen LogP contribution in [-0.2, 0) is 10.0 Å². The van der Waals surface area contributed by atoms with Crippen LogP contribution < -0.4 is 14.2 Å². The van der Waals surface area contributed by atoms with E-state index in [-0.39, 0.29) is 27.7 Å². The summed E-state index contributed by atoms with van der Waals surface area (Å²) in [5.41, 5.74) is 0.503. The third-order valence-corrected chi connectivity index (χ3v) is 4.60. The molecule has 7 heteroatoms. The number of sulfonamides is 1. The van der Waals surface area contributed by atoms with E-state index in [1.807, 2.05) is 0 Å². The normalized spacial score (nSPS) is 10.9. The highest BCUT2D eigenvalue weighted by Crippen LogP contribution is 2.30. The fourth-order valence-electron chi connectivity index (χ4n) is 2.07. The SMILES string of the molecule is COc1ccc(OC)c(S(=O)(=O)Nc2ccccc2C(C)=O)c1. The standard InChI is InChI=1S/C16H17NO5S/c1-11(18)13-6-4-5-7-14(13)17-23(19,20)16-10-12(21-2)8-9-15(16)22-3/h4-10,17H,1-3H3. The van der Waals surface area contributed by atoms with Crippen molar-refractivity contribution in [3.8, 4) is 11.5 Å². The molecule has 0 saturated heterocycles. The van der Waals surface area contributed by atoms with Gasteiger partial charge in [0.25, 0.3) is 10.0 Å². The number of carbonyl (C=O) groups excluding carboxylic acids is 1. The largest absolute Gasteiger partial charge is 0.497 e. The third-order valence-electron chi connectivity index (χ3n) is 3.21. The number of anilines is 1. The van der Waals surface area contributed by atoms with Crippen LogP contribution in [0.4, 0.5) is 5.69 Å². The van der Waals surface area contributed by atoms with Gasteiger partial charge >= 0.3 is 0 Å². The van der Waals surface area contributed by atoms with Crippen molar-refractivity contribution >= 4 is 21.5 Å². The fourth-order valence-corrected chi connectivity index (χ4v) is 3.34. The van der Waals surface area contributed by atoms with Gasteiger partial charge in [0, 0.05) is 11.6 Å². The Hall–Kier alpha value is -2.54. The quantitative estimate of drug-likeness (QED) is 0.821. The molecule has 0 spiro atoms. The molecule has 0 aliphatic carbocycles. The summed E-state index contributed by atoms with van der Waals surface area (Å²) in [6.07, 6.45) is 0. The van der Waals surface area contributed by atoms with Gasteiger partial charge in [0.2, 0.25) is 0 Å². The molecule has 0 fully saturated rings. The van der Waals surface area contributed by atoms with Crippen LogP contribution in [0.15, 0.2) is 47.4 Å². The average molecular weight is 335 g/mol. The van der Waals surface area contributed by atoms with E-state index < -0.39 is 10.0 Å². The van der Waals surface area contributed by atoms with Crippen LogP contribution in [0.25, 0.3) is 0 Å². The molecule has 0 aromatic heterocycles. The highest BCUT2D eigenvalue weighted by atomic mass is 32.2. The Morgan fingerprint density at radius 1 is 1.04 bits per heavy atom. The first-order valence-electron chi connectivity index (χ1n) is 6.74. The fraction of sp³-hybridized carbons (Fsp3) is 0.188. The molecule has 0 radical (unpaired) electrons. The molecular formula is C16H17NO5S. The summed E-state index contributed by atoms with van der Waals surface area (Å²) in [5, 5.41) is 0. The molecule has 0 heterocycles. The number of carbonyl (C=O) groups is 1. The van der Waals surface area contributed by atoms with Crippen molar-refractivity contribution in [3.63, 3.8) is 0 Å². The zero-order valence-electron chi connectivity index (χ0n) is 13.0. The zero-order chi connectivity index (χ0) is 17.0. The molecular weight excluding hydrogens is 318 g/mol.